The highest BCUT2D eigenvalue weighted by Crippen LogP contribution is 2.40. The summed E-state index contributed by atoms with van der Waals surface area (Å²) >= 11 is 3.57. The topological polar surface area (TPSA) is 0 Å². The van der Waals surface area contributed by atoms with Gasteiger partial charge >= 0.3 is 0 Å². The molecular weight excluding hydrogens is 320 g/mol. The molecule has 21 heavy (non-hydrogen) atoms. The van der Waals surface area contributed by atoms with E-state index in [0.717, 1.165) is 4.47 Å². The molecule has 0 heterocycles. The molecule has 0 fully saturated rings. The molecule has 1 aliphatic carbocycles. The molecule has 0 amide bonds. The van der Waals surface area contributed by atoms with Crippen LogP contribution in [0.2, 0.25) is 0 Å². The minimum absolute atomic E-state index is 0.410. The van der Waals surface area contributed by atoms with Gasteiger partial charge in [-0.25, -0.2) is 0 Å². The largest absolute Gasteiger partial charge is 0.0691 e. The first-order valence-corrected chi connectivity index (χ1v) is 8.55. The fourth-order valence-electron chi connectivity index (χ4n) is 3.12. The van der Waals surface area contributed by atoms with Crippen LogP contribution >= 0.6 is 15.9 Å². The number of halogens is 1. The van der Waals surface area contributed by atoms with Gasteiger partial charge in [0, 0.05) is 10.4 Å². The molecule has 1 heteroatoms. The molecule has 1 aliphatic rings. The Balaban J connectivity index is 1.89. The van der Waals surface area contributed by atoms with Crippen molar-refractivity contribution in [2.24, 2.45) is 0 Å². The van der Waals surface area contributed by atoms with Gasteiger partial charge in [-0.1, -0.05) is 65.7 Å². The first-order chi connectivity index (χ1) is 10.2. The number of rotatable bonds is 4. The van der Waals surface area contributed by atoms with E-state index in [1.807, 2.05) is 0 Å². The average Bonchev–Trinajstić information content (AvgIpc) is 2.82. The molecule has 3 rings (SSSR count). The minimum Gasteiger partial charge on any atom is -0.0691 e. The zero-order valence-electron chi connectivity index (χ0n) is 12.7. The summed E-state index contributed by atoms with van der Waals surface area (Å²) in [6.45, 7) is 4.45. The Labute approximate surface area is 136 Å². The summed E-state index contributed by atoms with van der Waals surface area (Å²) in [5.74, 6) is 0.410. The van der Waals surface area contributed by atoms with Crippen molar-refractivity contribution < 1.29 is 0 Å². The molecule has 1 atom stereocenters. The molecule has 2 aromatic rings. The lowest BCUT2D eigenvalue weighted by molar-refractivity contribution is 0.794. The number of hydrogen-bond donors (Lipinski definition) is 0. The minimum atomic E-state index is 0.410. The first kappa shape index (κ1) is 14.6. The average molecular weight is 341 g/mol. The molecule has 0 spiro atoms. The van der Waals surface area contributed by atoms with Gasteiger partial charge in [-0.15, -0.1) is 0 Å². The van der Waals surface area contributed by atoms with Crippen molar-refractivity contribution in [3.05, 3.63) is 75.3 Å². The highest BCUT2D eigenvalue weighted by molar-refractivity contribution is 9.10. The van der Waals surface area contributed by atoms with Gasteiger partial charge in [0.05, 0.1) is 0 Å². The smallest absolute Gasteiger partial charge is 0.0281 e. The van der Waals surface area contributed by atoms with Crippen LogP contribution < -0.4 is 0 Å². The van der Waals surface area contributed by atoms with Crippen LogP contribution in [0.4, 0.5) is 0 Å². The van der Waals surface area contributed by atoms with Crippen LogP contribution in [0.1, 0.15) is 54.9 Å². The van der Waals surface area contributed by atoms with Crippen LogP contribution in [-0.2, 0) is 6.42 Å². The SMILES string of the molecule is CCCCc1ccc(C2C=C(C)c3cc(Br)ccc32)cc1. The Bertz CT molecular complexity index is 665. The number of benzene rings is 2. The summed E-state index contributed by atoms with van der Waals surface area (Å²) in [5, 5.41) is 0. The molecule has 0 radical (unpaired) electrons. The molecule has 0 aliphatic heterocycles. The van der Waals surface area contributed by atoms with E-state index in [-0.39, 0.29) is 0 Å². The zero-order valence-corrected chi connectivity index (χ0v) is 14.3. The summed E-state index contributed by atoms with van der Waals surface area (Å²) in [6.07, 6.45) is 6.12. The maximum Gasteiger partial charge on any atom is 0.0281 e. The zero-order chi connectivity index (χ0) is 14.8. The Morgan fingerprint density at radius 2 is 1.81 bits per heavy atom. The Hall–Kier alpha value is -1.34. The summed E-state index contributed by atoms with van der Waals surface area (Å²) < 4.78 is 1.16. The third-order valence-electron chi connectivity index (χ3n) is 4.35. The lowest BCUT2D eigenvalue weighted by atomic mass is 9.92. The van der Waals surface area contributed by atoms with Gasteiger partial charge in [0.2, 0.25) is 0 Å². The number of allylic oxidation sites excluding steroid dienone is 2. The molecule has 0 nitrogen and oxygen atoms in total. The van der Waals surface area contributed by atoms with E-state index in [0.29, 0.717) is 5.92 Å². The second-order valence-corrected chi connectivity index (χ2v) is 6.82. The third-order valence-corrected chi connectivity index (χ3v) is 4.84. The Kier molecular flexibility index (Phi) is 4.30. The lowest BCUT2D eigenvalue weighted by Crippen LogP contribution is -1.96. The molecule has 0 aromatic heterocycles. The van der Waals surface area contributed by atoms with Crippen molar-refractivity contribution in [2.75, 3.05) is 0 Å². The van der Waals surface area contributed by atoms with E-state index < -0.39 is 0 Å². The monoisotopic (exact) mass is 340 g/mol. The Morgan fingerprint density at radius 3 is 2.52 bits per heavy atom. The van der Waals surface area contributed by atoms with Gasteiger partial charge in [0.1, 0.15) is 0 Å². The molecule has 0 bridgehead atoms. The quantitative estimate of drug-likeness (QED) is 0.609. The highest BCUT2D eigenvalue weighted by Gasteiger charge is 2.22. The second kappa shape index (κ2) is 6.19. The number of unbranched alkanes of at least 4 members (excludes halogenated alkanes) is 1. The molecule has 108 valence electrons. The standard InChI is InChI=1S/C20H21Br/c1-3-4-5-15-6-8-16(9-7-15)20-12-14(2)19-13-17(21)10-11-18(19)20/h6-13,20H,3-5H2,1-2H3. The van der Waals surface area contributed by atoms with E-state index in [9.17, 15) is 0 Å². The van der Waals surface area contributed by atoms with Crippen molar-refractivity contribution in [3.63, 3.8) is 0 Å². The maximum atomic E-state index is 3.57. The predicted octanol–water partition coefficient (Wildman–Crippen LogP) is 6.34. The van der Waals surface area contributed by atoms with Crippen LogP contribution in [-0.4, -0.2) is 0 Å². The van der Waals surface area contributed by atoms with Gasteiger partial charge in [-0.2, -0.15) is 0 Å². The van der Waals surface area contributed by atoms with Gasteiger partial charge < -0.3 is 0 Å². The number of aryl methyl sites for hydroxylation is 1. The van der Waals surface area contributed by atoms with Crippen LogP contribution in [0.25, 0.3) is 5.57 Å². The summed E-state index contributed by atoms with van der Waals surface area (Å²) in [5.41, 5.74) is 7.04. The van der Waals surface area contributed by atoms with Crippen LogP contribution in [0.5, 0.6) is 0 Å². The van der Waals surface area contributed by atoms with Crippen molar-refractivity contribution in [3.8, 4) is 0 Å². The molecule has 0 N–H and O–H groups in total. The van der Waals surface area contributed by atoms with Gasteiger partial charge in [0.25, 0.3) is 0 Å². The first-order valence-electron chi connectivity index (χ1n) is 7.76. The molecular formula is C20H21Br. The molecule has 0 saturated heterocycles. The van der Waals surface area contributed by atoms with E-state index >= 15 is 0 Å². The molecule has 1 unspecified atom stereocenters. The predicted molar refractivity (Wildman–Crippen MR) is 94.7 cm³/mol. The lowest BCUT2D eigenvalue weighted by Gasteiger charge is -2.12. The fourth-order valence-corrected chi connectivity index (χ4v) is 3.48. The third kappa shape index (κ3) is 2.98. The van der Waals surface area contributed by atoms with Crippen molar-refractivity contribution >= 4 is 21.5 Å². The Morgan fingerprint density at radius 1 is 1.05 bits per heavy atom. The molecule has 2 aromatic carbocycles. The van der Waals surface area contributed by atoms with Crippen molar-refractivity contribution in [1.82, 2.24) is 0 Å². The van der Waals surface area contributed by atoms with Crippen molar-refractivity contribution in [1.29, 1.82) is 0 Å². The maximum absolute atomic E-state index is 3.57. The second-order valence-electron chi connectivity index (χ2n) is 5.90. The summed E-state index contributed by atoms with van der Waals surface area (Å²) in [6, 6.07) is 15.8. The molecule has 0 saturated carbocycles. The fraction of sp³-hybridized carbons (Fsp3) is 0.300. The number of fused-ring (bicyclic) bond motifs is 1. The summed E-state index contributed by atoms with van der Waals surface area (Å²) in [4.78, 5) is 0. The van der Waals surface area contributed by atoms with E-state index in [1.165, 1.54) is 47.1 Å². The van der Waals surface area contributed by atoms with E-state index in [4.69, 9.17) is 0 Å². The number of hydrogen-bond acceptors (Lipinski definition) is 0. The van der Waals surface area contributed by atoms with Crippen LogP contribution in [0.15, 0.2) is 53.0 Å². The normalized spacial score (nSPS) is 16.7. The van der Waals surface area contributed by atoms with Gasteiger partial charge in [-0.05, 0) is 59.7 Å². The van der Waals surface area contributed by atoms with Gasteiger partial charge in [-0.3, -0.25) is 0 Å². The van der Waals surface area contributed by atoms with E-state index in [2.05, 4.69) is 78.3 Å². The highest BCUT2D eigenvalue weighted by atomic mass is 79.9. The van der Waals surface area contributed by atoms with Crippen LogP contribution in [0, 0.1) is 0 Å². The van der Waals surface area contributed by atoms with Gasteiger partial charge in [0.15, 0.2) is 0 Å². The van der Waals surface area contributed by atoms with E-state index in [1.54, 1.807) is 0 Å². The van der Waals surface area contributed by atoms with Crippen LogP contribution in [0.3, 0.4) is 0 Å². The summed E-state index contributed by atoms with van der Waals surface area (Å²) in [7, 11) is 0. The van der Waals surface area contributed by atoms with Crippen molar-refractivity contribution in [2.45, 2.75) is 39.0 Å².